The molecular weight excluding hydrogens is 268 g/mol. The fourth-order valence-corrected chi connectivity index (χ4v) is 2.16. The van der Waals surface area contributed by atoms with E-state index in [-0.39, 0.29) is 0 Å². The zero-order valence-electron chi connectivity index (χ0n) is 11.7. The molecule has 0 bridgehead atoms. The second-order valence-corrected chi connectivity index (χ2v) is 5.06. The largest absolute Gasteiger partial charge is 0.467 e. The van der Waals surface area contributed by atoms with Crippen LogP contribution in [0.2, 0.25) is 0 Å². The minimum Gasteiger partial charge on any atom is -0.467 e. The van der Waals surface area contributed by atoms with Gasteiger partial charge in [-0.05, 0) is 48.8 Å². The number of hydrogen-bond donors (Lipinski definition) is 2. The lowest BCUT2D eigenvalue weighted by Gasteiger charge is -2.13. The molecule has 0 amide bonds. The van der Waals surface area contributed by atoms with Crippen molar-refractivity contribution in [2.24, 2.45) is 0 Å². The summed E-state index contributed by atoms with van der Waals surface area (Å²) in [6.07, 6.45) is 5.11. The standard InChI is InChI=1S/C16H20N2OS/c1-2-3-7-13-8-4-5-10-15(13)18-16(20)17-12-14-9-6-11-19-14/h4-6,8-11H,2-3,7,12H2,1H3,(H2,17,18,20). The number of furan rings is 1. The van der Waals surface area contributed by atoms with E-state index in [9.17, 15) is 0 Å². The second-order valence-electron chi connectivity index (χ2n) is 4.65. The van der Waals surface area contributed by atoms with Crippen molar-refractivity contribution >= 4 is 23.0 Å². The van der Waals surface area contributed by atoms with Gasteiger partial charge in [0, 0.05) is 5.69 Å². The van der Waals surface area contributed by atoms with Crippen LogP contribution in [0.3, 0.4) is 0 Å². The van der Waals surface area contributed by atoms with Gasteiger partial charge in [0.25, 0.3) is 0 Å². The van der Waals surface area contributed by atoms with Gasteiger partial charge in [-0.25, -0.2) is 0 Å². The third-order valence-electron chi connectivity index (χ3n) is 3.07. The van der Waals surface area contributed by atoms with Crippen molar-refractivity contribution in [3.63, 3.8) is 0 Å². The molecule has 2 rings (SSSR count). The number of thiocarbonyl (C=S) groups is 1. The highest BCUT2D eigenvalue weighted by Crippen LogP contribution is 2.17. The molecule has 1 aromatic carbocycles. The Hall–Kier alpha value is -1.81. The topological polar surface area (TPSA) is 37.2 Å². The zero-order chi connectivity index (χ0) is 14.2. The predicted octanol–water partition coefficient (Wildman–Crippen LogP) is 4.11. The second kappa shape index (κ2) is 7.70. The lowest BCUT2D eigenvalue weighted by molar-refractivity contribution is 0.503. The zero-order valence-corrected chi connectivity index (χ0v) is 12.5. The van der Waals surface area contributed by atoms with E-state index in [4.69, 9.17) is 16.6 Å². The first kappa shape index (κ1) is 14.6. The maximum absolute atomic E-state index is 5.32. The van der Waals surface area contributed by atoms with Gasteiger partial charge in [0.05, 0.1) is 12.8 Å². The van der Waals surface area contributed by atoms with Crippen molar-refractivity contribution in [2.45, 2.75) is 32.7 Å². The van der Waals surface area contributed by atoms with Crippen molar-refractivity contribution in [1.82, 2.24) is 5.32 Å². The van der Waals surface area contributed by atoms with Crippen LogP contribution in [0.5, 0.6) is 0 Å². The minimum atomic E-state index is 0.593. The molecule has 0 aliphatic carbocycles. The summed E-state index contributed by atoms with van der Waals surface area (Å²) < 4.78 is 5.26. The van der Waals surface area contributed by atoms with Crippen LogP contribution in [-0.2, 0) is 13.0 Å². The molecule has 0 saturated heterocycles. The van der Waals surface area contributed by atoms with Crippen molar-refractivity contribution < 1.29 is 4.42 Å². The fourth-order valence-electron chi connectivity index (χ4n) is 1.97. The SMILES string of the molecule is CCCCc1ccccc1NC(=S)NCc1ccco1. The smallest absolute Gasteiger partial charge is 0.171 e. The molecule has 0 aliphatic rings. The van der Waals surface area contributed by atoms with Crippen LogP contribution in [0.4, 0.5) is 5.69 Å². The van der Waals surface area contributed by atoms with Crippen molar-refractivity contribution in [2.75, 3.05) is 5.32 Å². The lowest BCUT2D eigenvalue weighted by atomic mass is 10.1. The van der Waals surface area contributed by atoms with E-state index >= 15 is 0 Å². The lowest BCUT2D eigenvalue weighted by Crippen LogP contribution is -2.28. The van der Waals surface area contributed by atoms with Crippen LogP contribution in [0.25, 0.3) is 0 Å². The molecule has 0 spiro atoms. The molecule has 2 aromatic rings. The Kier molecular flexibility index (Phi) is 5.62. The summed E-state index contributed by atoms with van der Waals surface area (Å²) in [4.78, 5) is 0. The normalized spacial score (nSPS) is 10.2. The molecule has 1 heterocycles. The molecular formula is C16H20N2OS. The third kappa shape index (κ3) is 4.38. The number of anilines is 1. The molecule has 3 nitrogen and oxygen atoms in total. The van der Waals surface area contributed by atoms with Gasteiger partial charge in [0.1, 0.15) is 5.76 Å². The summed E-state index contributed by atoms with van der Waals surface area (Å²) in [7, 11) is 0. The van der Waals surface area contributed by atoms with E-state index in [0.717, 1.165) is 17.9 Å². The van der Waals surface area contributed by atoms with Crippen LogP contribution < -0.4 is 10.6 Å². The van der Waals surface area contributed by atoms with Gasteiger partial charge in [-0.2, -0.15) is 0 Å². The highest BCUT2D eigenvalue weighted by molar-refractivity contribution is 7.80. The van der Waals surface area contributed by atoms with E-state index < -0.39 is 0 Å². The predicted molar refractivity (Wildman–Crippen MR) is 86.8 cm³/mol. The monoisotopic (exact) mass is 288 g/mol. The summed E-state index contributed by atoms with van der Waals surface area (Å²) in [5.74, 6) is 0.869. The quantitative estimate of drug-likeness (QED) is 0.784. The molecule has 0 fully saturated rings. The Bertz CT molecular complexity index is 537. The number of hydrogen-bond acceptors (Lipinski definition) is 2. The van der Waals surface area contributed by atoms with Crippen LogP contribution in [-0.4, -0.2) is 5.11 Å². The first-order valence-electron chi connectivity index (χ1n) is 6.94. The summed E-state index contributed by atoms with van der Waals surface area (Å²) >= 11 is 5.32. The average Bonchev–Trinajstić information content (AvgIpc) is 2.97. The Labute approximate surface area is 125 Å². The average molecular weight is 288 g/mol. The number of unbranched alkanes of at least 4 members (excludes halogenated alkanes) is 1. The maximum Gasteiger partial charge on any atom is 0.171 e. The van der Waals surface area contributed by atoms with Gasteiger partial charge < -0.3 is 15.1 Å². The number of aryl methyl sites for hydroxylation is 1. The first-order valence-corrected chi connectivity index (χ1v) is 7.35. The summed E-state index contributed by atoms with van der Waals surface area (Å²) in [5.41, 5.74) is 2.38. The minimum absolute atomic E-state index is 0.593. The van der Waals surface area contributed by atoms with E-state index in [2.05, 4.69) is 35.8 Å². The molecule has 20 heavy (non-hydrogen) atoms. The van der Waals surface area contributed by atoms with Crippen molar-refractivity contribution in [3.05, 3.63) is 54.0 Å². The molecule has 0 radical (unpaired) electrons. The van der Waals surface area contributed by atoms with Crippen LogP contribution in [0.15, 0.2) is 47.1 Å². The van der Waals surface area contributed by atoms with Gasteiger partial charge in [-0.1, -0.05) is 31.5 Å². The number of para-hydroxylation sites is 1. The number of rotatable bonds is 6. The van der Waals surface area contributed by atoms with Gasteiger partial charge in [0.15, 0.2) is 5.11 Å². The highest BCUT2D eigenvalue weighted by atomic mass is 32.1. The summed E-state index contributed by atoms with van der Waals surface area (Å²) in [6.45, 7) is 2.79. The first-order chi connectivity index (χ1) is 9.79. The summed E-state index contributed by atoms with van der Waals surface area (Å²) in [6, 6.07) is 12.1. The van der Waals surface area contributed by atoms with E-state index in [1.54, 1.807) is 6.26 Å². The molecule has 0 saturated carbocycles. The molecule has 0 unspecified atom stereocenters. The maximum atomic E-state index is 5.32. The van der Waals surface area contributed by atoms with E-state index in [0.29, 0.717) is 11.7 Å². The third-order valence-corrected chi connectivity index (χ3v) is 3.31. The Morgan fingerprint density at radius 3 is 2.80 bits per heavy atom. The molecule has 0 aliphatic heterocycles. The summed E-state index contributed by atoms with van der Waals surface area (Å²) in [5, 5.41) is 7.02. The van der Waals surface area contributed by atoms with Gasteiger partial charge >= 0.3 is 0 Å². The number of nitrogens with one attached hydrogen (secondary N) is 2. The Morgan fingerprint density at radius 2 is 2.05 bits per heavy atom. The van der Waals surface area contributed by atoms with Crippen LogP contribution in [0, 0.1) is 0 Å². The molecule has 1 aromatic heterocycles. The van der Waals surface area contributed by atoms with Crippen molar-refractivity contribution in [1.29, 1.82) is 0 Å². The fraction of sp³-hybridized carbons (Fsp3) is 0.312. The van der Waals surface area contributed by atoms with Crippen LogP contribution in [0.1, 0.15) is 31.1 Å². The molecule has 0 atom stereocenters. The molecule has 4 heteroatoms. The van der Waals surface area contributed by atoms with Gasteiger partial charge in [0.2, 0.25) is 0 Å². The Morgan fingerprint density at radius 1 is 1.20 bits per heavy atom. The molecule has 106 valence electrons. The molecule has 2 N–H and O–H groups in total. The number of benzene rings is 1. The van der Waals surface area contributed by atoms with Crippen molar-refractivity contribution in [3.8, 4) is 0 Å². The Balaban J connectivity index is 1.90. The van der Waals surface area contributed by atoms with E-state index in [1.165, 1.54) is 18.4 Å². The van der Waals surface area contributed by atoms with E-state index in [1.807, 2.05) is 18.2 Å². The highest BCUT2D eigenvalue weighted by Gasteiger charge is 2.04. The van der Waals surface area contributed by atoms with Gasteiger partial charge in [-0.15, -0.1) is 0 Å². The van der Waals surface area contributed by atoms with Gasteiger partial charge in [-0.3, -0.25) is 0 Å². The van der Waals surface area contributed by atoms with Crippen LogP contribution >= 0.6 is 12.2 Å².